The van der Waals surface area contributed by atoms with Gasteiger partial charge in [-0.2, -0.15) is 11.8 Å². The summed E-state index contributed by atoms with van der Waals surface area (Å²) in [5.41, 5.74) is 0. The Labute approximate surface area is 216 Å². The molecule has 0 bridgehead atoms. The topological polar surface area (TPSA) is 55.8 Å². The van der Waals surface area contributed by atoms with Crippen LogP contribution in [0, 0.1) is 0 Å². The van der Waals surface area contributed by atoms with Gasteiger partial charge in [0.2, 0.25) is 0 Å². The van der Waals surface area contributed by atoms with Gasteiger partial charge in [-0.25, -0.2) is 4.57 Å². The molecule has 0 radical (unpaired) electrons. The van der Waals surface area contributed by atoms with Crippen LogP contribution in [0.5, 0.6) is 0 Å². The largest absolute Gasteiger partial charge is 0.472 e. The predicted octanol–water partition coefficient (Wildman–Crippen LogP) is 8.35. The molecular formula is C27H57NO4PS+. The van der Waals surface area contributed by atoms with E-state index in [0.717, 1.165) is 19.3 Å². The van der Waals surface area contributed by atoms with Crippen LogP contribution in [0.1, 0.15) is 122 Å². The van der Waals surface area contributed by atoms with Crippen molar-refractivity contribution in [1.29, 1.82) is 0 Å². The second-order valence-corrected chi connectivity index (χ2v) is 14.1. The molecule has 1 saturated carbocycles. The first-order valence-corrected chi connectivity index (χ1v) is 16.8. The summed E-state index contributed by atoms with van der Waals surface area (Å²) in [6.45, 7) is 3.20. The lowest BCUT2D eigenvalue weighted by molar-refractivity contribution is -0.870. The summed E-state index contributed by atoms with van der Waals surface area (Å²) in [6.07, 6.45) is 23.4. The van der Waals surface area contributed by atoms with Crippen LogP contribution in [0.15, 0.2) is 0 Å². The zero-order valence-electron chi connectivity index (χ0n) is 23.0. The lowest BCUT2D eigenvalue weighted by Gasteiger charge is -2.30. The summed E-state index contributed by atoms with van der Waals surface area (Å²) < 4.78 is 23.7. The zero-order chi connectivity index (χ0) is 25.1. The van der Waals surface area contributed by atoms with Crippen LogP contribution in [0.4, 0.5) is 0 Å². The smallest absolute Gasteiger partial charge is 0.329 e. The van der Waals surface area contributed by atoms with Crippen LogP contribution in [0.2, 0.25) is 0 Å². The number of likely N-dealkylation sites (N-methyl/N-ethyl adjacent to an activating group) is 1. The first kappa shape index (κ1) is 32.4. The lowest BCUT2D eigenvalue weighted by Crippen LogP contribution is -2.37. The number of nitrogens with zero attached hydrogens (tertiary/aromatic N) is 1. The molecule has 5 nitrogen and oxygen atoms in total. The van der Waals surface area contributed by atoms with E-state index in [9.17, 15) is 9.46 Å². The maximum Gasteiger partial charge on any atom is 0.472 e. The van der Waals surface area contributed by atoms with E-state index in [-0.39, 0.29) is 12.7 Å². The minimum atomic E-state index is -3.96. The van der Waals surface area contributed by atoms with Gasteiger partial charge in [0, 0.05) is 5.25 Å². The van der Waals surface area contributed by atoms with Crippen LogP contribution in [0.25, 0.3) is 0 Å². The summed E-state index contributed by atoms with van der Waals surface area (Å²) in [5, 5.41) is 0.548. The Bertz CT molecular complexity index is 529. The van der Waals surface area contributed by atoms with Crippen molar-refractivity contribution in [2.24, 2.45) is 0 Å². The van der Waals surface area contributed by atoms with E-state index in [1.165, 1.54) is 102 Å². The molecule has 0 amide bonds. The van der Waals surface area contributed by atoms with Crippen molar-refractivity contribution >= 4 is 19.6 Å². The number of hydrogen-bond acceptors (Lipinski definition) is 4. The van der Waals surface area contributed by atoms with Gasteiger partial charge in [-0.1, -0.05) is 90.4 Å². The molecule has 1 N–H and O–H groups in total. The van der Waals surface area contributed by atoms with Crippen molar-refractivity contribution in [3.63, 3.8) is 0 Å². The van der Waals surface area contributed by atoms with Crippen LogP contribution < -0.4 is 0 Å². The Kier molecular flexibility index (Phi) is 18.6. The first-order chi connectivity index (χ1) is 16.2. The number of rotatable bonds is 22. The number of thioether (sulfide) groups is 1. The fourth-order valence-corrected chi connectivity index (χ4v) is 6.87. The predicted molar refractivity (Wildman–Crippen MR) is 149 cm³/mol. The van der Waals surface area contributed by atoms with Gasteiger partial charge in [0.1, 0.15) is 13.2 Å². The van der Waals surface area contributed by atoms with Crippen molar-refractivity contribution in [1.82, 2.24) is 0 Å². The van der Waals surface area contributed by atoms with E-state index in [1.807, 2.05) is 32.9 Å². The van der Waals surface area contributed by atoms with Crippen molar-refractivity contribution in [2.45, 2.75) is 134 Å². The minimum Gasteiger partial charge on any atom is -0.329 e. The van der Waals surface area contributed by atoms with E-state index >= 15 is 0 Å². The molecule has 1 fully saturated rings. The number of hydrogen-bond donors (Lipinski definition) is 1. The quantitative estimate of drug-likeness (QED) is 0.0879. The van der Waals surface area contributed by atoms with Crippen molar-refractivity contribution in [2.75, 3.05) is 40.0 Å². The Hall–Kier alpha value is 0.420. The number of quaternary nitrogens is 1. The fourth-order valence-electron chi connectivity index (χ4n) is 4.54. The van der Waals surface area contributed by atoms with Crippen LogP contribution in [-0.4, -0.2) is 60.8 Å². The first-order valence-electron chi connectivity index (χ1n) is 14.3. The van der Waals surface area contributed by atoms with Crippen LogP contribution in [0.3, 0.4) is 0 Å². The van der Waals surface area contributed by atoms with Gasteiger partial charge >= 0.3 is 7.82 Å². The molecule has 0 aromatic rings. The molecule has 34 heavy (non-hydrogen) atoms. The standard InChI is InChI=1S/C27H56NO4PS/c1-5-6-7-8-9-10-11-12-13-14-15-16-17-18-24-34-27-21-19-20-26(25-27)32-33(29,30)31-23-22-28(2,3)4/h26-27H,5-25H2,1-4H3/p+1/t26-,27-/m0/s1. The van der Waals surface area contributed by atoms with Gasteiger partial charge < -0.3 is 9.38 Å². The van der Waals surface area contributed by atoms with Crippen molar-refractivity contribution in [3.05, 3.63) is 0 Å². The molecule has 204 valence electrons. The highest BCUT2D eigenvalue weighted by molar-refractivity contribution is 7.99. The van der Waals surface area contributed by atoms with Gasteiger partial charge in [0.05, 0.1) is 27.2 Å². The third-order valence-corrected chi connectivity index (χ3v) is 9.23. The maximum absolute atomic E-state index is 12.3. The van der Waals surface area contributed by atoms with E-state index in [4.69, 9.17) is 9.05 Å². The normalized spacial score (nSPS) is 21.0. The van der Waals surface area contributed by atoms with Gasteiger partial charge in [-0.3, -0.25) is 9.05 Å². The summed E-state index contributed by atoms with van der Waals surface area (Å²) in [7, 11) is 2.15. The van der Waals surface area contributed by atoms with E-state index in [2.05, 4.69) is 6.92 Å². The molecule has 1 unspecified atom stereocenters. The average Bonchev–Trinajstić information content (AvgIpc) is 2.75. The summed E-state index contributed by atoms with van der Waals surface area (Å²) >= 11 is 2.04. The van der Waals surface area contributed by atoms with Gasteiger partial charge in [0.15, 0.2) is 0 Å². The van der Waals surface area contributed by atoms with Crippen LogP contribution in [-0.2, 0) is 13.6 Å². The van der Waals surface area contributed by atoms with E-state index in [1.54, 1.807) is 0 Å². The fraction of sp³-hybridized carbons (Fsp3) is 1.00. The molecule has 0 heterocycles. The van der Waals surface area contributed by atoms with Gasteiger partial charge in [0.25, 0.3) is 0 Å². The van der Waals surface area contributed by atoms with Gasteiger partial charge in [-0.05, 0) is 37.9 Å². The van der Waals surface area contributed by atoms with Crippen LogP contribution >= 0.6 is 19.6 Å². The average molecular weight is 523 g/mol. The van der Waals surface area contributed by atoms with E-state index < -0.39 is 7.82 Å². The lowest BCUT2D eigenvalue weighted by atomic mass is 9.97. The molecular weight excluding hydrogens is 465 g/mol. The molecule has 1 rings (SSSR count). The summed E-state index contributed by atoms with van der Waals surface area (Å²) in [4.78, 5) is 10.1. The number of unbranched alkanes of at least 4 members (excludes halogenated alkanes) is 13. The summed E-state index contributed by atoms with van der Waals surface area (Å²) in [5.74, 6) is 1.20. The molecule has 1 aliphatic carbocycles. The highest BCUT2D eigenvalue weighted by Crippen LogP contribution is 2.47. The molecule has 1 aliphatic rings. The second kappa shape index (κ2) is 19.5. The number of phosphoric acid groups is 1. The third kappa shape index (κ3) is 19.6. The minimum absolute atomic E-state index is 0.150. The number of phosphoric ester groups is 1. The van der Waals surface area contributed by atoms with Gasteiger partial charge in [-0.15, -0.1) is 0 Å². The Morgan fingerprint density at radius 1 is 0.853 bits per heavy atom. The zero-order valence-corrected chi connectivity index (χ0v) is 24.7. The molecule has 0 saturated heterocycles. The van der Waals surface area contributed by atoms with Crippen molar-refractivity contribution < 1.29 is 23.0 Å². The SMILES string of the molecule is CCCCCCCCCCCCCCCCS[C@H]1CCC[C@H](OP(=O)(O)OCC[N+](C)(C)C)C1. The van der Waals surface area contributed by atoms with E-state index in [0.29, 0.717) is 16.3 Å². The third-order valence-electron chi connectivity index (χ3n) is 6.73. The molecule has 3 atom stereocenters. The molecule has 0 aliphatic heterocycles. The summed E-state index contributed by atoms with van der Waals surface area (Å²) in [6, 6.07) is 0. The molecule has 0 aromatic heterocycles. The molecule has 0 spiro atoms. The molecule has 0 aromatic carbocycles. The monoisotopic (exact) mass is 522 g/mol. The molecule has 7 heteroatoms. The second-order valence-electron chi connectivity index (χ2n) is 11.3. The highest BCUT2D eigenvalue weighted by atomic mass is 32.2. The Morgan fingerprint density at radius 2 is 1.38 bits per heavy atom. The maximum atomic E-state index is 12.3. The van der Waals surface area contributed by atoms with Crippen molar-refractivity contribution in [3.8, 4) is 0 Å². The Morgan fingerprint density at radius 3 is 1.91 bits per heavy atom. The highest BCUT2D eigenvalue weighted by Gasteiger charge is 2.31. The Balaban J connectivity index is 1.97.